The summed E-state index contributed by atoms with van der Waals surface area (Å²) in [4.78, 5) is 44.3. The fraction of sp³-hybridized carbons (Fsp3) is 0.379. The first-order valence-corrected chi connectivity index (χ1v) is 14.4. The van der Waals surface area contributed by atoms with Crippen molar-refractivity contribution in [2.75, 3.05) is 49.2 Å². The number of imide groups is 1. The average molecular weight is 586 g/mol. The number of hydrogen-bond donors (Lipinski definition) is 1. The van der Waals surface area contributed by atoms with E-state index in [2.05, 4.69) is 10.2 Å². The fourth-order valence-electron chi connectivity index (χ4n) is 4.91. The number of hydrogen-bond acceptors (Lipinski definition) is 6. The molecule has 0 bridgehead atoms. The number of nitrogens with zero attached hydrogens (tertiary/aromatic N) is 4. The quantitative estimate of drug-likeness (QED) is 0.249. The number of carbonyl (C=O) groups is 3. The first kappa shape index (κ1) is 30.1. The molecule has 12 heteroatoms. The summed E-state index contributed by atoms with van der Waals surface area (Å²) in [6, 6.07) is 11.9. The number of anilines is 2. The second kappa shape index (κ2) is 12.8. The Labute approximate surface area is 240 Å². The third kappa shape index (κ3) is 6.92. The van der Waals surface area contributed by atoms with Gasteiger partial charge in [0.05, 0.1) is 22.9 Å². The highest BCUT2D eigenvalue weighted by Gasteiger charge is 2.39. The Morgan fingerprint density at radius 3 is 2.32 bits per heavy atom. The number of alkyl halides is 3. The highest BCUT2D eigenvalue weighted by atomic mass is 32.2. The van der Waals surface area contributed by atoms with Gasteiger partial charge in [-0.3, -0.25) is 14.5 Å². The number of urea groups is 1. The molecule has 0 aromatic heterocycles. The predicted octanol–water partition coefficient (Wildman–Crippen LogP) is 5.51. The van der Waals surface area contributed by atoms with E-state index in [1.165, 1.54) is 19.1 Å². The number of unbranched alkanes of at least 4 members (excludes halogenated alkanes) is 1. The number of benzene rings is 2. The minimum absolute atomic E-state index is 0.137. The topological polar surface area (TPSA) is 96.8 Å². The maximum Gasteiger partial charge on any atom is 0.417 e. The summed E-state index contributed by atoms with van der Waals surface area (Å²) in [5.41, 5.74) is -0.715. The van der Waals surface area contributed by atoms with Gasteiger partial charge in [0.15, 0.2) is 0 Å². The Kier molecular flexibility index (Phi) is 9.40. The highest BCUT2D eigenvalue weighted by molar-refractivity contribution is 7.98. The Morgan fingerprint density at radius 1 is 1.02 bits per heavy atom. The fourth-order valence-corrected chi connectivity index (χ4v) is 5.31. The number of halogens is 3. The lowest BCUT2D eigenvalue weighted by Crippen LogP contribution is -2.50. The van der Waals surface area contributed by atoms with Crippen LogP contribution in [0.3, 0.4) is 0 Å². The van der Waals surface area contributed by atoms with Crippen molar-refractivity contribution >= 4 is 41.0 Å². The molecule has 0 saturated carbocycles. The van der Waals surface area contributed by atoms with Gasteiger partial charge in [0.25, 0.3) is 11.8 Å². The van der Waals surface area contributed by atoms with Crippen LogP contribution in [0.2, 0.25) is 0 Å². The molecule has 8 nitrogen and oxygen atoms in total. The number of nitriles is 1. The maximum absolute atomic E-state index is 13.4. The lowest BCUT2D eigenvalue weighted by molar-refractivity contribution is -0.138. The van der Waals surface area contributed by atoms with Crippen molar-refractivity contribution in [3.05, 3.63) is 64.7 Å². The van der Waals surface area contributed by atoms with Crippen LogP contribution in [0, 0.1) is 11.3 Å². The molecule has 2 aromatic carbocycles. The molecule has 2 aliphatic heterocycles. The van der Waals surface area contributed by atoms with Gasteiger partial charge in [-0.1, -0.05) is 0 Å². The van der Waals surface area contributed by atoms with Crippen molar-refractivity contribution in [2.24, 2.45) is 0 Å². The van der Waals surface area contributed by atoms with Crippen LogP contribution in [0.5, 0.6) is 0 Å². The molecule has 4 rings (SSSR count). The third-order valence-corrected chi connectivity index (χ3v) is 8.02. The Balaban J connectivity index is 1.25. The summed E-state index contributed by atoms with van der Waals surface area (Å²) in [7, 11) is 0. The number of amides is 4. The number of piperazine rings is 1. The normalized spacial score (nSPS) is 16.4. The smallest absolute Gasteiger partial charge is 0.322 e. The SMILES string of the molecule is CSc1ccc(NC(=O)N2CCN(CCCCC3=C(C)C(=O)N(c4ccc(C#N)c(C(F)(F)F)c4)C3=O)CC2)cc1. The molecule has 1 fully saturated rings. The number of carbonyl (C=O) groups excluding carboxylic acids is 3. The van der Waals surface area contributed by atoms with Crippen LogP contribution in [0.1, 0.15) is 37.3 Å². The molecule has 0 spiro atoms. The summed E-state index contributed by atoms with van der Waals surface area (Å²) in [5, 5.41) is 11.9. The Bertz CT molecular complexity index is 1390. The summed E-state index contributed by atoms with van der Waals surface area (Å²) >= 11 is 1.63. The molecule has 0 aliphatic carbocycles. The second-order valence-corrected chi connectivity index (χ2v) is 10.7. The first-order valence-electron chi connectivity index (χ1n) is 13.2. The molecule has 0 atom stereocenters. The summed E-state index contributed by atoms with van der Waals surface area (Å²) in [6.07, 6.45) is -1.11. The van der Waals surface area contributed by atoms with E-state index in [1.807, 2.05) is 30.5 Å². The van der Waals surface area contributed by atoms with E-state index in [0.29, 0.717) is 50.7 Å². The van der Waals surface area contributed by atoms with Crippen molar-refractivity contribution in [3.8, 4) is 6.07 Å². The molecular weight excluding hydrogens is 555 g/mol. The molecule has 1 N–H and O–H groups in total. The van der Waals surface area contributed by atoms with Crippen molar-refractivity contribution in [1.29, 1.82) is 5.26 Å². The lowest BCUT2D eigenvalue weighted by Gasteiger charge is -2.34. The Hall–Kier alpha value is -3.82. The van der Waals surface area contributed by atoms with Gasteiger partial charge in [-0.15, -0.1) is 11.8 Å². The van der Waals surface area contributed by atoms with Crippen LogP contribution in [-0.2, 0) is 15.8 Å². The van der Waals surface area contributed by atoms with Gasteiger partial charge >= 0.3 is 12.2 Å². The van der Waals surface area contributed by atoms with Crippen LogP contribution in [0.15, 0.2) is 58.5 Å². The van der Waals surface area contributed by atoms with Crippen molar-refractivity contribution < 1.29 is 27.6 Å². The van der Waals surface area contributed by atoms with Crippen molar-refractivity contribution in [2.45, 2.75) is 37.3 Å². The molecule has 2 aliphatic rings. The summed E-state index contributed by atoms with van der Waals surface area (Å²) in [6.45, 7) is 4.87. The number of thioether (sulfide) groups is 1. The second-order valence-electron chi connectivity index (χ2n) is 9.83. The zero-order valence-corrected chi connectivity index (χ0v) is 23.6. The molecule has 2 heterocycles. The van der Waals surface area contributed by atoms with E-state index in [1.54, 1.807) is 16.7 Å². The average Bonchev–Trinajstić information content (AvgIpc) is 3.17. The van der Waals surface area contributed by atoms with Crippen LogP contribution in [0.4, 0.5) is 29.3 Å². The van der Waals surface area contributed by atoms with Gasteiger partial charge in [-0.05, 0) is 81.5 Å². The van der Waals surface area contributed by atoms with Gasteiger partial charge in [0.1, 0.15) is 0 Å². The molecule has 1 saturated heterocycles. The standard InChI is InChI=1S/C29H30F3N5O3S/c1-19-24(27(39)37(26(19)38)22-9-6-20(18-33)25(17-22)29(30,31)32)5-3-4-12-35-13-15-36(16-14-35)28(40)34-21-7-10-23(41-2)11-8-21/h6-11,17H,3-5,12-16H2,1-2H3,(H,34,40). The molecule has 216 valence electrons. The van der Waals surface area contributed by atoms with Gasteiger partial charge in [0.2, 0.25) is 0 Å². The third-order valence-electron chi connectivity index (χ3n) is 7.28. The van der Waals surface area contributed by atoms with Gasteiger partial charge in [-0.2, -0.15) is 18.4 Å². The molecule has 41 heavy (non-hydrogen) atoms. The largest absolute Gasteiger partial charge is 0.417 e. The van der Waals surface area contributed by atoms with Gasteiger partial charge < -0.3 is 10.2 Å². The zero-order chi connectivity index (χ0) is 29.7. The van der Waals surface area contributed by atoms with Crippen molar-refractivity contribution in [3.63, 3.8) is 0 Å². The summed E-state index contributed by atoms with van der Waals surface area (Å²) in [5.74, 6) is -1.29. The minimum atomic E-state index is -4.80. The zero-order valence-electron chi connectivity index (χ0n) is 22.8. The molecule has 0 unspecified atom stereocenters. The Morgan fingerprint density at radius 2 is 1.71 bits per heavy atom. The maximum atomic E-state index is 13.4. The molecule has 4 amide bonds. The van der Waals surface area contributed by atoms with E-state index in [4.69, 9.17) is 5.26 Å². The van der Waals surface area contributed by atoms with E-state index >= 15 is 0 Å². The van der Waals surface area contributed by atoms with E-state index in [-0.39, 0.29) is 17.3 Å². The van der Waals surface area contributed by atoms with E-state index in [9.17, 15) is 27.6 Å². The minimum Gasteiger partial charge on any atom is -0.322 e. The molecule has 0 radical (unpaired) electrons. The van der Waals surface area contributed by atoms with Crippen LogP contribution < -0.4 is 10.2 Å². The van der Waals surface area contributed by atoms with E-state index < -0.39 is 29.1 Å². The number of rotatable bonds is 8. The van der Waals surface area contributed by atoms with Crippen LogP contribution in [0.25, 0.3) is 0 Å². The van der Waals surface area contributed by atoms with E-state index in [0.717, 1.165) is 34.5 Å². The highest BCUT2D eigenvalue weighted by Crippen LogP contribution is 2.37. The van der Waals surface area contributed by atoms with Crippen LogP contribution >= 0.6 is 11.8 Å². The van der Waals surface area contributed by atoms with Gasteiger partial charge in [-0.25, -0.2) is 9.69 Å². The first-order chi connectivity index (χ1) is 19.5. The predicted molar refractivity (Wildman–Crippen MR) is 150 cm³/mol. The van der Waals surface area contributed by atoms with Crippen LogP contribution in [-0.4, -0.2) is 66.6 Å². The monoisotopic (exact) mass is 585 g/mol. The molecular formula is C29H30F3N5O3S. The van der Waals surface area contributed by atoms with Gasteiger partial charge in [0, 0.05) is 47.9 Å². The summed E-state index contributed by atoms with van der Waals surface area (Å²) < 4.78 is 40.2. The number of nitrogens with one attached hydrogen (secondary N) is 1. The van der Waals surface area contributed by atoms with Crippen molar-refractivity contribution in [1.82, 2.24) is 9.80 Å². The molecule has 2 aromatic rings. The lowest BCUT2D eigenvalue weighted by atomic mass is 10.0.